The number of benzene rings is 1. The predicted molar refractivity (Wildman–Crippen MR) is 53.8 cm³/mol. The predicted octanol–water partition coefficient (Wildman–Crippen LogP) is 2.74. The number of hydrogen-bond donors (Lipinski definition) is 1. The Labute approximate surface area is 82.7 Å². The zero-order valence-corrected chi connectivity index (χ0v) is 8.26. The van der Waals surface area contributed by atoms with Crippen molar-refractivity contribution in [3.8, 4) is 0 Å². The molecule has 0 aliphatic rings. The third-order valence-electron chi connectivity index (χ3n) is 2.09. The van der Waals surface area contributed by atoms with Gasteiger partial charge in [0.1, 0.15) is 6.17 Å². The number of rotatable bonds is 3. The molecule has 2 unspecified atom stereocenters. The van der Waals surface area contributed by atoms with Crippen LogP contribution in [0.2, 0.25) is 5.02 Å². The minimum atomic E-state index is -0.941. The number of hydrogen-bond acceptors (Lipinski definition) is 1. The number of nitrogens with two attached hydrogens (primary N) is 1. The molecule has 1 rings (SSSR count). The Balaban J connectivity index is 2.91. The second-order valence-corrected chi connectivity index (χ2v) is 3.51. The molecule has 0 aromatic heterocycles. The smallest absolute Gasteiger partial charge is 0.105 e. The maximum atomic E-state index is 13.1. The van der Waals surface area contributed by atoms with Gasteiger partial charge in [0.2, 0.25) is 0 Å². The second-order valence-electron chi connectivity index (χ2n) is 3.07. The molecule has 0 radical (unpaired) electrons. The number of halogens is 2. The molecule has 0 spiro atoms. The van der Waals surface area contributed by atoms with Gasteiger partial charge in [0.15, 0.2) is 0 Å². The van der Waals surface area contributed by atoms with E-state index in [1.165, 1.54) is 6.92 Å². The Kier molecular flexibility index (Phi) is 3.70. The van der Waals surface area contributed by atoms with E-state index >= 15 is 0 Å². The first-order chi connectivity index (χ1) is 6.15. The minimum Gasteiger partial charge on any atom is -0.330 e. The van der Waals surface area contributed by atoms with E-state index < -0.39 is 6.17 Å². The third kappa shape index (κ3) is 2.68. The van der Waals surface area contributed by atoms with Crippen LogP contribution in [0.3, 0.4) is 0 Å². The normalized spacial score (nSPS) is 15.4. The third-order valence-corrected chi connectivity index (χ3v) is 2.32. The van der Waals surface area contributed by atoms with Crippen LogP contribution in [0.15, 0.2) is 24.3 Å². The second kappa shape index (κ2) is 4.58. The summed E-state index contributed by atoms with van der Waals surface area (Å²) in [6, 6.07) is 7.18. The van der Waals surface area contributed by atoms with Gasteiger partial charge in [-0.15, -0.1) is 0 Å². The summed E-state index contributed by atoms with van der Waals surface area (Å²) in [4.78, 5) is 0. The van der Waals surface area contributed by atoms with Gasteiger partial charge in [0.05, 0.1) is 0 Å². The fourth-order valence-electron chi connectivity index (χ4n) is 1.33. The molecule has 0 bridgehead atoms. The lowest BCUT2D eigenvalue weighted by Gasteiger charge is -2.16. The fraction of sp³-hybridized carbons (Fsp3) is 0.400. The summed E-state index contributed by atoms with van der Waals surface area (Å²) in [6.45, 7) is 1.82. The van der Waals surface area contributed by atoms with Crippen molar-refractivity contribution in [1.29, 1.82) is 0 Å². The molecule has 13 heavy (non-hydrogen) atoms. The zero-order valence-electron chi connectivity index (χ0n) is 7.50. The molecule has 0 aliphatic carbocycles. The van der Waals surface area contributed by atoms with Crippen molar-refractivity contribution in [2.45, 2.75) is 19.0 Å². The van der Waals surface area contributed by atoms with Gasteiger partial charge in [-0.3, -0.25) is 0 Å². The largest absolute Gasteiger partial charge is 0.330 e. The molecule has 0 amide bonds. The van der Waals surface area contributed by atoms with Crippen LogP contribution in [0.25, 0.3) is 0 Å². The van der Waals surface area contributed by atoms with Crippen molar-refractivity contribution in [3.63, 3.8) is 0 Å². The molecule has 1 nitrogen and oxygen atoms in total. The van der Waals surface area contributed by atoms with E-state index in [1.807, 2.05) is 12.1 Å². The summed E-state index contributed by atoms with van der Waals surface area (Å²) < 4.78 is 13.1. The summed E-state index contributed by atoms with van der Waals surface area (Å²) in [5.41, 5.74) is 6.34. The molecule has 1 aromatic rings. The van der Waals surface area contributed by atoms with Crippen LogP contribution < -0.4 is 5.73 Å². The molecule has 3 heteroatoms. The lowest BCUT2D eigenvalue weighted by molar-refractivity contribution is 0.308. The average Bonchev–Trinajstić information content (AvgIpc) is 2.04. The lowest BCUT2D eigenvalue weighted by Crippen LogP contribution is -2.20. The standard InChI is InChI=1S/C10H13ClFN/c1-7(12)10(6-13)8-3-2-4-9(11)5-8/h2-5,7,10H,6,13H2,1H3. The van der Waals surface area contributed by atoms with Gasteiger partial charge in [0, 0.05) is 17.5 Å². The van der Waals surface area contributed by atoms with Crippen LogP contribution in [-0.4, -0.2) is 12.7 Å². The van der Waals surface area contributed by atoms with Gasteiger partial charge >= 0.3 is 0 Å². The number of alkyl halides is 1. The van der Waals surface area contributed by atoms with E-state index in [0.29, 0.717) is 11.6 Å². The van der Waals surface area contributed by atoms with Crippen molar-refractivity contribution in [2.75, 3.05) is 6.54 Å². The van der Waals surface area contributed by atoms with Crippen LogP contribution in [0.1, 0.15) is 18.4 Å². The van der Waals surface area contributed by atoms with E-state index in [-0.39, 0.29) is 5.92 Å². The van der Waals surface area contributed by atoms with Crippen LogP contribution in [-0.2, 0) is 0 Å². The molecule has 2 N–H and O–H groups in total. The molecular weight excluding hydrogens is 189 g/mol. The van der Waals surface area contributed by atoms with Crippen LogP contribution in [0.5, 0.6) is 0 Å². The van der Waals surface area contributed by atoms with E-state index in [9.17, 15) is 4.39 Å². The van der Waals surface area contributed by atoms with Crippen molar-refractivity contribution in [3.05, 3.63) is 34.9 Å². The van der Waals surface area contributed by atoms with Crippen LogP contribution in [0.4, 0.5) is 4.39 Å². The van der Waals surface area contributed by atoms with Crippen molar-refractivity contribution < 1.29 is 4.39 Å². The van der Waals surface area contributed by atoms with Crippen molar-refractivity contribution >= 4 is 11.6 Å². The van der Waals surface area contributed by atoms with E-state index in [0.717, 1.165) is 5.56 Å². The fourth-order valence-corrected chi connectivity index (χ4v) is 1.52. The SMILES string of the molecule is CC(F)C(CN)c1cccc(Cl)c1. The zero-order chi connectivity index (χ0) is 9.84. The highest BCUT2D eigenvalue weighted by atomic mass is 35.5. The van der Waals surface area contributed by atoms with E-state index in [2.05, 4.69) is 0 Å². The highest BCUT2D eigenvalue weighted by molar-refractivity contribution is 6.30. The highest BCUT2D eigenvalue weighted by Gasteiger charge is 2.16. The summed E-state index contributed by atoms with van der Waals surface area (Å²) in [6.07, 6.45) is -0.941. The first kappa shape index (κ1) is 10.5. The van der Waals surface area contributed by atoms with Crippen LogP contribution in [0, 0.1) is 0 Å². The Hall–Kier alpha value is -0.600. The summed E-state index contributed by atoms with van der Waals surface area (Å²) in [5, 5.41) is 0.622. The van der Waals surface area contributed by atoms with Gasteiger partial charge in [-0.25, -0.2) is 4.39 Å². The van der Waals surface area contributed by atoms with Gasteiger partial charge in [-0.1, -0.05) is 23.7 Å². The molecular formula is C10H13ClFN. The quantitative estimate of drug-likeness (QED) is 0.800. The molecule has 0 saturated heterocycles. The van der Waals surface area contributed by atoms with Gasteiger partial charge in [-0.2, -0.15) is 0 Å². The first-order valence-electron chi connectivity index (χ1n) is 4.24. The van der Waals surface area contributed by atoms with Gasteiger partial charge in [0.25, 0.3) is 0 Å². The summed E-state index contributed by atoms with van der Waals surface area (Å²) in [5.74, 6) is -0.251. The van der Waals surface area contributed by atoms with Gasteiger partial charge < -0.3 is 5.73 Å². The lowest BCUT2D eigenvalue weighted by atomic mass is 9.95. The molecule has 72 valence electrons. The average molecular weight is 202 g/mol. The maximum Gasteiger partial charge on any atom is 0.105 e. The summed E-state index contributed by atoms with van der Waals surface area (Å²) in [7, 11) is 0. The monoisotopic (exact) mass is 201 g/mol. The summed E-state index contributed by atoms with van der Waals surface area (Å²) >= 11 is 5.79. The molecule has 0 aliphatic heterocycles. The molecule has 0 heterocycles. The Morgan fingerprint density at radius 3 is 2.69 bits per heavy atom. The maximum absolute atomic E-state index is 13.1. The topological polar surface area (TPSA) is 26.0 Å². The Morgan fingerprint density at radius 1 is 1.54 bits per heavy atom. The Bertz CT molecular complexity index is 275. The Morgan fingerprint density at radius 2 is 2.23 bits per heavy atom. The highest BCUT2D eigenvalue weighted by Crippen LogP contribution is 2.23. The van der Waals surface area contributed by atoms with Crippen LogP contribution >= 0.6 is 11.6 Å². The van der Waals surface area contributed by atoms with Crippen molar-refractivity contribution in [1.82, 2.24) is 0 Å². The molecule has 0 fully saturated rings. The van der Waals surface area contributed by atoms with Crippen molar-refractivity contribution in [2.24, 2.45) is 5.73 Å². The first-order valence-corrected chi connectivity index (χ1v) is 4.62. The molecule has 1 aromatic carbocycles. The van der Waals surface area contributed by atoms with E-state index in [1.54, 1.807) is 12.1 Å². The molecule has 0 saturated carbocycles. The minimum absolute atomic E-state index is 0.251. The van der Waals surface area contributed by atoms with Gasteiger partial charge in [-0.05, 0) is 24.6 Å². The molecule has 2 atom stereocenters. The van der Waals surface area contributed by atoms with E-state index in [4.69, 9.17) is 17.3 Å².